The minimum atomic E-state index is -0.730. The molecule has 0 saturated carbocycles. The molecule has 4 nitrogen and oxygen atoms in total. The van der Waals surface area contributed by atoms with E-state index in [-0.39, 0.29) is 17.8 Å². The molecule has 4 rings (SSSR count). The van der Waals surface area contributed by atoms with Gasteiger partial charge in [0.2, 0.25) is 5.89 Å². The van der Waals surface area contributed by atoms with Crippen LogP contribution in [-0.4, -0.2) is 15.8 Å². The summed E-state index contributed by atoms with van der Waals surface area (Å²) in [4.78, 5) is 21.2. The molecule has 0 bridgehead atoms. The summed E-state index contributed by atoms with van der Waals surface area (Å²) >= 11 is 1.17. The van der Waals surface area contributed by atoms with Crippen LogP contribution in [0, 0.1) is 11.6 Å². The maximum Gasteiger partial charge on any atom is 0.225 e. The van der Waals surface area contributed by atoms with Crippen molar-refractivity contribution in [2.45, 2.75) is 6.42 Å². The fourth-order valence-corrected chi connectivity index (χ4v) is 3.49. The molecule has 0 amide bonds. The Morgan fingerprint density at radius 3 is 2.52 bits per heavy atom. The average molecular weight is 382 g/mol. The van der Waals surface area contributed by atoms with Gasteiger partial charge < -0.3 is 4.42 Å². The van der Waals surface area contributed by atoms with Crippen molar-refractivity contribution in [3.05, 3.63) is 83.2 Å². The van der Waals surface area contributed by atoms with Crippen molar-refractivity contribution in [3.8, 4) is 22.0 Å². The van der Waals surface area contributed by atoms with Crippen LogP contribution in [0.5, 0.6) is 0 Å². The van der Waals surface area contributed by atoms with Gasteiger partial charge in [0.05, 0.1) is 11.1 Å². The summed E-state index contributed by atoms with van der Waals surface area (Å²) in [5, 5.41) is 0.626. The second-order valence-electron chi connectivity index (χ2n) is 5.75. The van der Waals surface area contributed by atoms with Crippen LogP contribution in [0.3, 0.4) is 0 Å². The Labute approximate surface area is 157 Å². The first kappa shape index (κ1) is 17.2. The number of carbonyl (C=O) groups is 1. The van der Waals surface area contributed by atoms with Crippen molar-refractivity contribution in [2.75, 3.05) is 0 Å². The Morgan fingerprint density at radius 1 is 1.04 bits per heavy atom. The summed E-state index contributed by atoms with van der Waals surface area (Å²) in [6.07, 6.45) is 4.13. The highest BCUT2D eigenvalue weighted by atomic mass is 32.1. The van der Waals surface area contributed by atoms with Crippen LogP contribution < -0.4 is 0 Å². The summed E-state index contributed by atoms with van der Waals surface area (Å²) in [6, 6.07) is 11.0. The van der Waals surface area contributed by atoms with E-state index in [0.717, 1.165) is 23.3 Å². The fraction of sp³-hybridized carbons (Fsp3) is 0.0500. The molecular formula is C20H12F2N2O2S. The van der Waals surface area contributed by atoms with E-state index in [2.05, 4.69) is 9.97 Å². The number of Topliss-reactive ketones (excluding diaryl/α,β-unsaturated/α-hetero) is 1. The van der Waals surface area contributed by atoms with E-state index in [1.807, 2.05) is 24.3 Å². The van der Waals surface area contributed by atoms with Gasteiger partial charge in [-0.05, 0) is 24.3 Å². The first-order chi connectivity index (χ1) is 13.1. The third-order valence-corrected chi connectivity index (χ3v) is 5.06. The molecular weight excluding hydrogens is 370 g/mol. The molecule has 4 aromatic rings. The predicted molar refractivity (Wildman–Crippen MR) is 97.4 cm³/mol. The molecule has 7 heteroatoms. The molecule has 0 atom stereocenters. The zero-order valence-corrected chi connectivity index (χ0v) is 14.7. The van der Waals surface area contributed by atoms with Gasteiger partial charge in [-0.15, -0.1) is 11.3 Å². The highest BCUT2D eigenvalue weighted by Gasteiger charge is 2.17. The Kier molecular flexibility index (Phi) is 4.60. The number of benzene rings is 2. The van der Waals surface area contributed by atoms with E-state index in [1.54, 1.807) is 6.20 Å². The Hall–Kier alpha value is -3.19. The molecule has 2 aromatic carbocycles. The first-order valence-corrected chi connectivity index (χ1v) is 8.85. The number of aromatic nitrogens is 2. The quantitative estimate of drug-likeness (QED) is 0.447. The lowest BCUT2D eigenvalue weighted by atomic mass is 10.1. The van der Waals surface area contributed by atoms with Crippen LogP contribution in [0.15, 0.2) is 65.5 Å². The predicted octanol–water partition coefficient (Wildman–Crippen LogP) is 5.17. The van der Waals surface area contributed by atoms with Crippen LogP contribution in [0.1, 0.15) is 15.2 Å². The first-order valence-electron chi connectivity index (χ1n) is 8.04. The second kappa shape index (κ2) is 7.20. The summed E-state index contributed by atoms with van der Waals surface area (Å²) in [7, 11) is 0. The third-order valence-electron chi connectivity index (χ3n) is 3.97. The number of hydrogen-bond acceptors (Lipinski definition) is 5. The number of thiazole rings is 1. The largest absolute Gasteiger partial charge is 0.445 e. The van der Waals surface area contributed by atoms with Gasteiger partial charge in [-0.1, -0.05) is 18.2 Å². The Morgan fingerprint density at radius 2 is 1.78 bits per heavy atom. The lowest BCUT2D eigenvalue weighted by Crippen LogP contribution is -2.05. The van der Waals surface area contributed by atoms with E-state index in [4.69, 9.17) is 4.42 Å². The molecule has 0 aliphatic heterocycles. The number of carbonyl (C=O) groups excluding carboxylic acids is 1. The van der Waals surface area contributed by atoms with Gasteiger partial charge in [-0.3, -0.25) is 4.79 Å². The molecule has 0 N–H and O–H groups in total. The lowest BCUT2D eigenvalue weighted by Gasteiger charge is -2.02. The van der Waals surface area contributed by atoms with Crippen molar-refractivity contribution in [1.82, 2.24) is 9.97 Å². The van der Waals surface area contributed by atoms with Crippen LogP contribution >= 0.6 is 11.3 Å². The molecule has 2 heterocycles. The SMILES string of the molecule is O=C(Cc1c(F)cccc1F)c1cnc(-c2cccc(-c3ncco3)c2)s1. The van der Waals surface area contributed by atoms with E-state index in [9.17, 15) is 13.6 Å². The highest BCUT2D eigenvalue weighted by Crippen LogP contribution is 2.29. The standard InChI is InChI=1S/C20H12F2N2O2S/c21-15-5-2-6-16(22)14(15)10-17(25)18-11-24-20(27-18)13-4-1-3-12(9-13)19-23-7-8-26-19/h1-9,11H,10H2. The van der Waals surface area contributed by atoms with Gasteiger partial charge in [0.25, 0.3) is 0 Å². The topological polar surface area (TPSA) is 56.0 Å². The molecule has 2 aromatic heterocycles. The van der Waals surface area contributed by atoms with Gasteiger partial charge in [-0.2, -0.15) is 0 Å². The van der Waals surface area contributed by atoms with E-state index in [1.165, 1.54) is 29.9 Å². The normalized spacial score (nSPS) is 10.9. The molecule has 0 spiro atoms. The third kappa shape index (κ3) is 3.54. The van der Waals surface area contributed by atoms with E-state index in [0.29, 0.717) is 15.8 Å². The van der Waals surface area contributed by atoms with Gasteiger partial charge in [0.15, 0.2) is 5.78 Å². The molecule has 27 heavy (non-hydrogen) atoms. The zero-order chi connectivity index (χ0) is 18.8. The maximum absolute atomic E-state index is 13.8. The monoisotopic (exact) mass is 382 g/mol. The van der Waals surface area contributed by atoms with E-state index < -0.39 is 11.6 Å². The number of hydrogen-bond donors (Lipinski definition) is 0. The smallest absolute Gasteiger partial charge is 0.225 e. The molecule has 0 aliphatic carbocycles. The molecule has 134 valence electrons. The number of oxazole rings is 1. The van der Waals surface area contributed by atoms with Gasteiger partial charge in [-0.25, -0.2) is 18.7 Å². The van der Waals surface area contributed by atoms with Crippen molar-refractivity contribution in [1.29, 1.82) is 0 Å². The molecule has 0 fully saturated rings. The number of nitrogens with zero attached hydrogens (tertiary/aromatic N) is 2. The van der Waals surface area contributed by atoms with Crippen LogP contribution in [0.2, 0.25) is 0 Å². The number of halogens is 2. The average Bonchev–Trinajstić information content (AvgIpc) is 3.37. The van der Waals surface area contributed by atoms with E-state index >= 15 is 0 Å². The Balaban J connectivity index is 1.59. The minimum absolute atomic E-state index is 0.233. The van der Waals surface area contributed by atoms with Crippen LogP contribution in [0.25, 0.3) is 22.0 Å². The van der Waals surface area contributed by atoms with Gasteiger partial charge in [0.1, 0.15) is 22.9 Å². The summed E-state index contributed by atoms with van der Waals surface area (Å²) in [5.41, 5.74) is 1.35. The van der Waals surface area contributed by atoms with Gasteiger partial charge in [0, 0.05) is 29.3 Å². The maximum atomic E-state index is 13.8. The minimum Gasteiger partial charge on any atom is -0.445 e. The fourth-order valence-electron chi connectivity index (χ4n) is 2.64. The second-order valence-corrected chi connectivity index (χ2v) is 6.78. The van der Waals surface area contributed by atoms with Crippen molar-refractivity contribution < 1.29 is 18.0 Å². The molecule has 0 unspecified atom stereocenters. The molecule has 0 aliphatic rings. The number of rotatable bonds is 5. The summed E-state index contributed by atoms with van der Waals surface area (Å²) in [6.45, 7) is 0. The lowest BCUT2D eigenvalue weighted by molar-refractivity contribution is 0.0994. The van der Waals surface area contributed by atoms with Crippen LogP contribution in [0.4, 0.5) is 8.78 Å². The summed E-state index contributed by atoms with van der Waals surface area (Å²) in [5.74, 6) is -1.36. The molecule has 0 saturated heterocycles. The van der Waals surface area contributed by atoms with Gasteiger partial charge >= 0.3 is 0 Å². The zero-order valence-electron chi connectivity index (χ0n) is 13.9. The molecule has 0 radical (unpaired) electrons. The highest BCUT2D eigenvalue weighted by molar-refractivity contribution is 7.16. The number of ketones is 1. The van der Waals surface area contributed by atoms with Crippen molar-refractivity contribution >= 4 is 17.1 Å². The Bertz CT molecular complexity index is 1090. The van der Waals surface area contributed by atoms with Crippen LogP contribution in [-0.2, 0) is 6.42 Å². The van der Waals surface area contributed by atoms with Crippen molar-refractivity contribution in [3.63, 3.8) is 0 Å². The van der Waals surface area contributed by atoms with Crippen molar-refractivity contribution in [2.24, 2.45) is 0 Å². The summed E-state index contributed by atoms with van der Waals surface area (Å²) < 4.78 is 32.8.